The molecule has 0 bridgehead atoms. The van der Waals surface area contributed by atoms with Gasteiger partial charge in [0.15, 0.2) is 0 Å². The van der Waals surface area contributed by atoms with E-state index in [0.717, 1.165) is 0 Å². The van der Waals surface area contributed by atoms with Gasteiger partial charge in [-0.3, -0.25) is 19.2 Å². The van der Waals surface area contributed by atoms with E-state index in [9.17, 15) is 59.8 Å². The fourth-order valence-electron chi connectivity index (χ4n) is 5.23. The van der Waals surface area contributed by atoms with Crippen LogP contribution >= 0.6 is 0 Å². The summed E-state index contributed by atoms with van der Waals surface area (Å²) in [6, 6.07) is -5.82. The Bertz CT molecular complexity index is 1050. The Morgan fingerprint density at radius 2 is 1.57 bits per heavy atom. The second-order valence-corrected chi connectivity index (χ2v) is 11.4. The number of likely N-dealkylation sites (tertiary alicyclic amines) is 1. The largest absolute Gasteiger partial charge is 0.465 e. The molecule has 4 amide bonds. The van der Waals surface area contributed by atoms with Crippen molar-refractivity contribution in [2.75, 3.05) is 6.54 Å². The van der Waals surface area contributed by atoms with Crippen molar-refractivity contribution in [2.24, 2.45) is 11.8 Å². The third kappa shape index (κ3) is 9.18. The molecule has 4 N–H and O–H groups in total. The van der Waals surface area contributed by atoms with Crippen LogP contribution in [0.3, 0.4) is 0 Å². The van der Waals surface area contributed by atoms with Crippen LogP contribution in [0, 0.1) is 11.8 Å². The summed E-state index contributed by atoms with van der Waals surface area (Å²) in [7, 11) is 0. The van der Waals surface area contributed by atoms with Crippen molar-refractivity contribution in [3.8, 4) is 0 Å². The summed E-state index contributed by atoms with van der Waals surface area (Å²) in [5.74, 6) is -14.7. The summed E-state index contributed by atoms with van der Waals surface area (Å²) in [6.45, 7) is -0.544. The van der Waals surface area contributed by atoms with Crippen LogP contribution in [0.5, 0.6) is 0 Å². The minimum absolute atomic E-state index is 0.306. The third-order valence-electron chi connectivity index (χ3n) is 7.77. The fourth-order valence-corrected chi connectivity index (χ4v) is 5.23. The molecule has 1 saturated heterocycles. The highest BCUT2D eigenvalue weighted by molar-refractivity contribution is 6.38. The molecule has 42 heavy (non-hydrogen) atoms. The first-order valence-corrected chi connectivity index (χ1v) is 13.5. The maximum absolute atomic E-state index is 13.7. The van der Waals surface area contributed by atoms with Gasteiger partial charge in [0.2, 0.25) is 29.4 Å². The van der Waals surface area contributed by atoms with Gasteiger partial charge in [-0.25, -0.2) is 22.4 Å². The van der Waals surface area contributed by atoms with Crippen LogP contribution in [0.1, 0.15) is 64.7 Å². The lowest BCUT2D eigenvalue weighted by molar-refractivity contribution is -0.171. The van der Waals surface area contributed by atoms with Crippen molar-refractivity contribution in [1.82, 2.24) is 20.9 Å². The standard InChI is InChI=1S/C25H33F7N4O6/c1-23(26,27)7-6-15(18(37)20(39)33-14-2-3-14)34-19(38)16-10-13(25(30,31)32)11-36(16)21(40)17(35-22(41)42)12-4-8-24(28,29)9-5-12/h12-17,35H,2-11H2,1H3,(H,33,39)(H,34,38)(H,41,42)/t13-,15+,16+,17+/m1/s1. The van der Waals surface area contributed by atoms with Crippen LogP contribution < -0.4 is 16.0 Å². The van der Waals surface area contributed by atoms with Crippen molar-refractivity contribution >= 4 is 29.6 Å². The van der Waals surface area contributed by atoms with Gasteiger partial charge in [0, 0.05) is 31.8 Å². The second-order valence-electron chi connectivity index (χ2n) is 11.4. The topological polar surface area (TPSA) is 145 Å². The molecular weight excluding hydrogens is 585 g/mol. The van der Waals surface area contributed by atoms with Gasteiger partial charge in [-0.2, -0.15) is 13.2 Å². The number of ketones is 1. The van der Waals surface area contributed by atoms with E-state index in [1.807, 2.05) is 5.32 Å². The molecule has 0 aromatic rings. The summed E-state index contributed by atoms with van der Waals surface area (Å²) in [5.41, 5.74) is 0. The Kier molecular flexibility index (Phi) is 10.0. The van der Waals surface area contributed by atoms with Crippen molar-refractivity contribution < 1.29 is 59.8 Å². The van der Waals surface area contributed by atoms with Gasteiger partial charge in [-0.05, 0) is 51.4 Å². The minimum atomic E-state index is -4.90. The maximum atomic E-state index is 13.7. The van der Waals surface area contributed by atoms with Gasteiger partial charge < -0.3 is 26.0 Å². The van der Waals surface area contributed by atoms with Crippen LogP contribution in [0.2, 0.25) is 0 Å². The van der Waals surface area contributed by atoms with E-state index in [2.05, 4.69) is 10.6 Å². The normalized spacial score (nSPS) is 24.4. The maximum Gasteiger partial charge on any atom is 0.405 e. The Hall–Kier alpha value is -3.14. The highest BCUT2D eigenvalue weighted by atomic mass is 19.4. The zero-order valence-corrected chi connectivity index (χ0v) is 22.6. The van der Waals surface area contributed by atoms with Crippen molar-refractivity contribution in [3.05, 3.63) is 0 Å². The van der Waals surface area contributed by atoms with E-state index >= 15 is 0 Å². The second kappa shape index (κ2) is 12.6. The van der Waals surface area contributed by atoms with Gasteiger partial charge in [0.05, 0.1) is 12.0 Å². The van der Waals surface area contributed by atoms with E-state index in [-0.39, 0.29) is 18.9 Å². The molecule has 3 fully saturated rings. The average Bonchev–Trinajstić information content (AvgIpc) is 3.55. The lowest BCUT2D eigenvalue weighted by Gasteiger charge is -2.36. The van der Waals surface area contributed by atoms with Crippen molar-refractivity contribution in [1.29, 1.82) is 0 Å². The van der Waals surface area contributed by atoms with Crippen molar-refractivity contribution in [3.63, 3.8) is 0 Å². The lowest BCUT2D eigenvalue weighted by Crippen LogP contribution is -2.58. The van der Waals surface area contributed by atoms with Crippen LogP contribution in [-0.2, 0) is 19.2 Å². The smallest absolute Gasteiger partial charge is 0.405 e. The van der Waals surface area contributed by atoms with E-state index in [4.69, 9.17) is 0 Å². The molecule has 0 radical (unpaired) electrons. The molecule has 2 aliphatic carbocycles. The molecule has 238 valence electrons. The molecule has 1 heterocycles. The molecule has 0 aromatic carbocycles. The van der Waals surface area contributed by atoms with Crippen LogP contribution in [0.4, 0.5) is 35.5 Å². The Morgan fingerprint density at radius 1 is 0.976 bits per heavy atom. The van der Waals surface area contributed by atoms with E-state index in [1.165, 1.54) is 0 Å². The van der Waals surface area contributed by atoms with Gasteiger partial charge in [0.1, 0.15) is 12.1 Å². The summed E-state index contributed by atoms with van der Waals surface area (Å²) in [5, 5.41) is 15.5. The zero-order chi connectivity index (χ0) is 31.6. The molecular formula is C25H33F7N4O6. The molecule has 4 atom stereocenters. The molecule has 3 rings (SSSR count). The molecule has 0 unspecified atom stereocenters. The lowest BCUT2D eigenvalue weighted by atomic mass is 9.81. The first-order chi connectivity index (χ1) is 19.3. The highest BCUT2D eigenvalue weighted by Gasteiger charge is 2.53. The number of Topliss-reactive ketones (excluding diaryl/α,β-unsaturated/α-hetero) is 1. The predicted molar refractivity (Wildman–Crippen MR) is 129 cm³/mol. The average molecular weight is 619 g/mol. The number of halogens is 7. The number of nitrogens with zero attached hydrogens (tertiary/aromatic N) is 1. The summed E-state index contributed by atoms with van der Waals surface area (Å²) in [6.07, 6.45) is -10.2. The minimum Gasteiger partial charge on any atom is -0.465 e. The van der Waals surface area contributed by atoms with Gasteiger partial charge in [-0.1, -0.05) is 0 Å². The van der Waals surface area contributed by atoms with Gasteiger partial charge >= 0.3 is 12.3 Å². The number of hydrogen-bond acceptors (Lipinski definition) is 5. The molecule has 2 saturated carbocycles. The monoisotopic (exact) mass is 618 g/mol. The summed E-state index contributed by atoms with van der Waals surface area (Å²) < 4.78 is 95.7. The molecule has 0 aromatic heterocycles. The number of carbonyl (C=O) groups excluding carboxylic acids is 4. The fraction of sp³-hybridized carbons (Fsp3) is 0.800. The molecule has 10 nitrogen and oxygen atoms in total. The quantitative estimate of drug-likeness (QED) is 0.207. The Morgan fingerprint density at radius 3 is 2.07 bits per heavy atom. The zero-order valence-electron chi connectivity index (χ0n) is 22.6. The number of amides is 4. The molecule has 17 heteroatoms. The molecule has 0 spiro atoms. The molecule has 1 aliphatic heterocycles. The number of nitrogens with one attached hydrogen (secondary N) is 3. The Labute approximate surface area is 236 Å². The van der Waals surface area contributed by atoms with Crippen LogP contribution in [0.25, 0.3) is 0 Å². The first kappa shape index (κ1) is 33.4. The van der Waals surface area contributed by atoms with E-state index in [0.29, 0.717) is 24.7 Å². The third-order valence-corrected chi connectivity index (χ3v) is 7.77. The number of rotatable bonds is 11. The number of carbonyl (C=O) groups is 5. The van der Waals surface area contributed by atoms with Gasteiger partial charge in [0.25, 0.3) is 5.91 Å². The van der Waals surface area contributed by atoms with Crippen LogP contribution in [0.15, 0.2) is 0 Å². The number of hydrogen-bond donors (Lipinski definition) is 4. The molecule has 3 aliphatic rings. The van der Waals surface area contributed by atoms with Crippen molar-refractivity contribution in [2.45, 2.75) is 107 Å². The predicted octanol–water partition coefficient (Wildman–Crippen LogP) is 3.00. The van der Waals surface area contributed by atoms with E-state index in [1.54, 1.807) is 0 Å². The van der Waals surface area contributed by atoms with E-state index < -0.39 is 116 Å². The van der Waals surface area contributed by atoms with Gasteiger partial charge in [-0.15, -0.1) is 0 Å². The number of alkyl halides is 7. The first-order valence-electron chi connectivity index (χ1n) is 13.5. The van der Waals surface area contributed by atoms with Crippen LogP contribution in [-0.4, -0.2) is 88.3 Å². The SMILES string of the molecule is CC(F)(F)CC[C@H](NC(=O)[C@@H]1C[C@@H](C(F)(F)F)CN1C(=O)[C@@H](NC(=O)O)C1CCC(F)(F)CC1)C(=O)C(=O)NC1CC1. The summed E-state index contributed by atoms with van der Waals surface area (Å²) in [4.78, 5) is 63.7. The number of carboxylic acid groups (broad SMARTS) is 1. The Balaban J connectivity index is 1.85. The highest BCUT2D eigenvalue weighted by Crippen LogP contribution is 2.40. The summed E-state index contributed by atoms with van der Waals surface area (Å²) >= 11 is 0.